The maximum Gasteiger partial charge on any atom is 0.251 e. The molecule has 1 amide bonds. The average molecular weight is 505 g/mol. The van der Waals surface area contributed by atoms with E-state index < -0.39 is 0 Å². The summed E-state index contributed by atoms with van der Waals surface area (Å²) in [6.45, 7) is 2.87. The van der Waals surface area contributed by atoms with Crippen molar-refractivity contribution in [1.82, 2.24) is 20.0 Å². The van der Waals surface area contributed by atoms with Crippen molar-refractivity contribution in [3.8, 4) is 34.3 Å². The van der Waals surface area contributed by atoms with E-state index in [0.29, 0.717) is 53.0 Å². The molecule has 0 spiro atoms. The van der Waals surface area contributed by atoms with E-state index in [2.05, 4.69) is 16.3 Å². The Hall–Kier alpha value is -3.72. The number of fused-ring (bicyclic) bond motifs is 4. The second-order valence-corrected chi connectivity index (χ2v) is 9.97. The summed E-state index contributed by atoms with van der Waals surface area (Å²) in [5, 5.41) is 7.97. The fourth-order valence-electron chi connectivity index (χ4n) is 6.00. The van der Waals surface area contributed by atoms with Crippen LogP contribution in [0, 0.1) is 5.92 Å². The van der Waals surface area contributed by atoms with Crippen molar-refractivity contribution in [2.75, 3.05) is 40.6 Å². The zero-order chi connectivity index (χ0) is 25.5. The summed E-state index contributed by atoms with van der Waals surface area (Å²) in [7, 11) is 5.31. The van der Waals surface area contributed by atoms with Gasteiger partial charge in [-0.2, -0.15) is 5.10 Å². The largest absolute Gasteiger partial charge is 0.493 e. The monoisotopic (exact) mass is 504 g/mol. The molecule has 9 nitrogen and oxygen atoms in total. The zero-order valence-electron chi connectivity index (χ0n) is 21.4. The molecule has 2 bridgehead atoms. The predicted molar refractivity (Wildman–Crippen MR) is 137 cm³/mol. The maximum atomic E-state index is 12.8. The summed E-state index contributed by atoms with van der Waals surface area (Å²) in [5.74, 6) is 3.61. The molecule has 2 aromatic carbocycles. The number of nitrogens with zero attached hydrogens (tertiary/aromatic N) is 3. The van der Waals surface area contributed by atoms with E-state index in [4.69, 9.17) is 24.0 Å². The van der Waals surface area contributed by atoms with Gasteiger partial charge in [-0.3, -0.25) is 14.4 Å². The predicted octanol–water partition coefficient (Wildman–Crippen LogP) is 3.44. The van der Waals surface area contributed by atoms with Gasteiger partial charge in [0.25, 0.3) is 5.91 Å². The molecule has 4 aliphatic heterocycles. The van der Waals surface area contributed by atoms with Gasteiger partial charge in [0.15, 0.2) is 23.0 Å². The third-order valence-corrected chi connectivity index (χ3v) is 7.99. The van der Waals surface area contributed by atoms with Crippen LogP contribution >= 0.6 is 0 Å². The third kappa shape index (κ3) is 4.37. The summed E-state index contributed by atoms with van der Waals surface area (Å²) in [6.07, 6.45) is 2.22. The standard InChI is InChI=1S/C28H32N4O5/c1-31-23(13-22(30-31)18-4-6-24(34-2)26(11-18)35-3)21-15-32-9-8-17(21)10-20(32)14-29-28(33)19-5-7-25-27(12-19)37-16-36-25/h4-7,11-13,17,20-21H,8-10,14-16H2,1-3H3,(H,29,33). The van der Waals surface area contributed by atoms with Gasteiger partial charge < -0.3 is 24.3 Å². The molecule has 9 heteroatoms. The van der Waals surface area contributed by atoms with E-state index in [1.807, 2.05) is 29.9 Å². The fraction of sp³-hybridized carbons (Fsp3) is 0.429. The van der Waals surface area contributed by atoms with Crippen molar-refractivity contribution in [3.63, 3.8) is 0 Å². The highest BCUT2D eigenvalue weighted by molar-refractivity contribution is 5.95. The topological polar surface area (TPSA) is 87.1 Å². The summed E-state index contributed by atoms with van der Waals surface area (Å²) >= 11 is 0. The van der Waals surface area contributed by atoms with Gasteiger partial charge in [-0.25, -0.2) is 0 Å². The quantitative estimate of drug-likeness (QED) is 0.528. The normalized spacial score (nSPS) is 23.6. The van der Waals surface area contributed by atoms with E-state index in [9.17, 15) is 4.79 Å². The minimum atomic E-state index is -0.0799. The lowest BCUT2D eigenvalue weighted by atomic mass is 9.74. The number of carbonyl (C=O) groups excluding carboxylic acids is 1. The Morgan fingerprint density at radius 1 is 1.08 bits per heavy atom. The Kier molecular flexibility index (Phi) is 6.16. The maximum absolute atomic E-state index is 12.8. The van der Waals surface area contributed by atoms with Crippen molar-refractivity contribution in [2.45, 2.75) is 24.8 Å². The second kappa shape index (κ2) is 9.63. The minimum Gasteiger partial charge on any atom is -0.493 e. The molecule has 4 unspecified atom stereocenters. The molecule has 0 radical (unpaired) electrons. The molecule has 4 atom stereocenters. The number of methoxy groups -OCH3 is 2. The van der Waals surface area contributed by atoms with Crippen LogP contribution in [0.1, 0.15) is 34.8 Å². The van der Waals surface area contributed by atoms with Crippen LogP contribution in [0.25, 0.3) is 11.3 Å². The van der Waals surface area contributed by atoms with Crippen LogP contribution in [-0.2, 0) is 7.05 Å². The molecule has 0 saturated carbocycles. The second-order valence-electron chi connectivity index (χ2n) is 9.97. The van der Waals surface area contributed by atoms with Crippen molar-refractivity contribution in [1.29, 1.82) is 0 Å². The Labute approximate surface area is 216 Å². The molecule has 4 aliphatic rings. The first-order valence-electron chi connectivity index (χ1n) is 12.7. The molecule has 1 N–H and O–H groups in total. The molecule has 5 heterocycles. The summed E-state index contributed by atoms with van der Waals surface area (Å²) in [5.41, 5.74) is 3.78. The number of carbonyl (C=O) groups is 1. The number of rotatable bonds is 7. The van der Waals surface area contributed by atoms with Crippen molar-refractivity contribution < 1.29 is 23.7 Å². The van der Waals surface area contributed by atoms with E-state index in [-0.39, 0.29) is 12.7 Å². The van der Waals surface area contributed by atoms with Gasteiger partial charge in [0.2, 0.25) is 6.79 Å². The van der Waals surface area contributed by atoms with Crippen LogP contribution in [0.15, 0.2) is 42.5 Å². The van der Waals surface area contributed by atoms with E-state index >= 15 is 0 Å². The number of nitrogens with one attached hydrogen (secondary N) is 1. The Bertz CT molecular complexity index is 1320. The van der Waals surface area contributed by atoms with Crippen molar-refractivity contribution in [3.05, 3.63) is 53.7 Å². The van der Waals surface area contributed by atoms with Gasteiger partial charge in [0, 0.05) is 48.9 Å². The fourth-order valence-corrected chi connectivity index (χ4v) is 6.00. The number of aromatic nitrogens is 2. The van der Waals surface area contributed by atoms with Crippen LogP contribution in [0.3, 0.4) is 0 Å². The van der Waals surface area contributed by atoms with Crippen molar-refractivity contribution in [2.24, 2.45) is 13.0 Å². The number of hydrogen-bond acceptors (Lipinski definition) is 7. The first-order chi connectivity index (χ1) is 18.0. The number of aryl methyl sites for hydroxylation is 1. The Morgan fingerprint density at radius 2 is 1.92 bits per heavy atom. The van der Waals surface area contributed by atoms with Crippen LogP contribution in [0.2, 0.25) is 0 Å². The SMILES string of the molecule is COc1ccc(-c2cc(C3CN4CCC3CC4CNC(=O)c3ccc4c(c3)OCO4)n(C)n2)cc1OC. The number of hydrogen-bond donors (Lipinski definition) is 1. The molecular formula is C28H32N4O5. The lowest BCUT2D eigenvalue weighted by molar-refractivity contribution is 0.0280. The van der Waals surface area contributed by atoms with Crippen LogP contribution < -0.4 is 24.3 Å². The van der Waals surface area contributed by atoms with E-state index in [0.717, 1.165) is 37.2 Å². The molecule has 194 valence electrons. The first-order valence-corrected chi connectivity index (χ1v) is 12.7. The smallest absolute Gasteiger partial charge is 0.251 e. The molecule has 37 heavy (non-hydrogen) atoms. The summed E-state index contributed by atoms with van der Waals surface area (Å²) in [6, 6.07) is 13.8. The van der Waals surface area contributed by atoms with E-state index in [1.165, 1.54) is 5.69 Å². The third-order valence-electron chi connectivity index (χ3n) is 7.99. The molecule has 7 rings (SSSR count). The highest BCUT2D eigenvalue weighted by atomic mass is 16.7. The summed E-state index contributed by atoms with van der Waals surface area (Å²) in [4.78, 5) is 15.3. The highest BCUT2D eigenvalue weighted by Gasteiger charge is 2.42. The first kappa shape index (κ1) is 23.7. The average Bonchev–Trinajstić information content (AvgIpc) is 3.57. The van der Waals surface area contributed by atoms with E-state index in [1.54, 1.807) is 32.4 Å². The molecule has 3 fully saturated rings. The molecule has 3 aromatic rings. The Morgan fingerprint density at radius 3 is 2.70 bits per heavy atom. The zero-order valence-corrected chi connectivity index (χ0v) is 21.4. The number of amides is 1. The minimum absolute atomic E-state index is 0.0799. The van der Waals surface area contributed by atoms with Gasteiger partial charge in [-0.1, -0.05) is 0 Å². The van der Waals surface area contributed by atoms with Crippen LogP contribution in [-0.4, -0.2) is 67.3 Å². The molecule has 1 aromatic heterocycles. The lowest BCUT2D eigenvalue weighted by Gasteiger charge is -2.50. The Balaban J connectivity index is 1.12. The number of ether oxygens (including phenoxy) is 4. The van der Waals surface area contributed by atoms with Crippen molar-refractivity contribution >= 4 is 5.91 Å². The van der Waals surface area contributed by atoms with Crippen LogP contribution in [0.4, 0.5) is 0 Å². The van der Waals surface area contributed by atoms with Gasteiger partial charge >= 0.3 is 0 Å². The van der Waals surface area contributed by atoms with Gasteiger partial charge in [-0.15, -0.1) is 0 Å². The number of piperidine rings is 3. The van der Waals surface area contributed by atoms with Crippen LogP contribution in [0.5, 0.6) is 23.0 Å². The molecule has 3 saturated heterocycles. The van der Waals surface area contributed by atoms with Gasteiger partial charge in [0.05, 0.1) is 19.9 Å². The van der Waals surface area contributed by atoms with Gasteiger partial charge in [-0.05, 0) is 67.8 Å². The van der Waals surface area contributed by atoms with Gasteiger partial charge in [0.1, 0.15) is 0 Å². The molecule has 0 aliphatic carbocycles. The molecular weight excluding hydrogens is 472 g/mol. The lowest BCUT2D eigenvalue weighted by Crippen LogP contribution is -2.56. The summed E-state index contributed by atoms with van der Waals surface area (Å²) < 4.78 is 23.6. The highest BCUT2D eigenvalue weighted by Crippen LogP contribution is 2.43. The number of benzene rings is 2.